The molecule has 1 aromatic heterocycles. The number of hydrogen-bond acceptors (Lipinski definition) is 3. The summed E-state index contributed by atoms with van der Waals surface area (Å²) in [6, 6.07) is 2.91. The second kappa shape index (κ2) is 4.09. The van der Waals surface area contributed by atoms with E-state index in [1.807, 2.05) is 0 Å². The van der Waals surface area contributed by atoms with Gasteiger partial charge in [0.15, 0.2) is 0 Å². The highest BCUT2D eigenvalue weighted by Gasteiger charge is 2.21. The Balaban J connectivity index is 2.54. The van der Waals surface area contributed by atoms with E-state index in [0.29, 0.717) is 24.1 Å². The van der Waals surface area contributed by atoms with Gasteiger partial charge in [-0.15, -0.1) is 0 Å². The van der Waals surface area contributed by atoms with Crippen LogP contribution >= 0.6 is 0 Å². The fourth-order valence-corrected chi connectivity index (χ4v) is 2.15. The number of pyridine rings is 1. The Bertz CT molecular complexity index is 477. The Morgan fingerprint density at radius 3 is 2.94 bits per heavy atom. The number of aliphatic hydroxyl groups is 1. The SMILES string of the molecule is O=C(O)Cn1c2c(ccc1=O)[C@@H](O)CCC2. The minimum atomic E-state index is -1.05. The number of nitrogens with zero attached hydrogens (tertiary/aromatic N) is 1. The summed E-state index contributed by atoms with van der Waals surface area (Å²) >= 11 is 0. The summed E-state index contributed by atoms with van der Waals surface area (Å²) < 4.78 is 1.24. The second-order valence-corrected chi connectivity index (χ2v) is 3.96. The number of fused-ring (bicyclic) bond motifs is 1. The van der Waals surface area contributed by atoms with Crippen molar-refractivity contribution in [3.8, 4) is 0 Å². The molecule has 0 aliphatic heterocycles. The predicted octanol–water partition coefficient (Wildman–Crippen LogP) is 0.303. The van der Waals surface area contributed by atoms with Crippen molar-refractivity contribution < 1.29 is 15.0 Å². The van der Waals surface area contributed by atoms with E-state index < -0.39 is 12.1 Å². The summed E-state index contributed by atoms with van der Waals surface area (Å²) in [6.07, 6.45) is 1.51. The first-order valence-corrected chi connectivity index (χ1v) is 5.22. The lowest BCUT2D eigenvalue weighted by Gasteiger charge is -2.23. The fraction of sp³-hybridized carbons (Fsp3) is 0.455. The van der Waals surface area contributed by atoms with Gasteiger partial charge in [0.25, 0.3) is 5.56 Å². The lowest BCUT2D eigenvalue weighted by atomic mass is 9.93. The standard InChI is InChI=1S/C11H13NO4/c13-9-3-1-2-8-7(9)4-5-10(14)12(8)6-11(15)16/h4-5,9,13H,1-3,6H2,(H,15,16)/t9-/m0/s1. The van der Waals surface area contributed by atoms with E-state index in [9.17, 15) is 14.7 Å². The molecule has 5 heteroatoms. The molecule has 2 rings (SSSR count). The van der Waals surface area contributed by atoms with Crippen molar-refractivity contribution in [2.45, 2.75) is 31.9 Å². The Kier molecular flexibility index (Phi) is 2.78. The molecule has 0 fully saturated rings. The highest BCUT2D eigenvalue weighted by Crippen LogP contribution is 2.28. The highest BCUT2D eigenvalue weighted by molar-refractivity contribution is 5.66. The maximum absolute atomic E-state index is 11.6. The summed E-state index contributed by atoms with van der Waals surface area (Å²) in [7, 11) is 0. The van der Waals surface area contributed by atoms with Crippen LogP contribution in [0.15, 0.2) is 16.9 Å². The minimum Gasteiger partial charge on any atom is -0.480 e. The molecule has 0 radical (unpaired) electrons. The van der Waals surface area contributed by atoms with Crippen LogP contribution in [0.4, 0.5) is 0 Å². The number of carbonyl (C=O) groups is 1. The van der Waals surface area contributed by atoms with E-state index in [2.05, 4.69) is 0 Å². The van der Waals surface area contributed by atoms with Crippen molar-refractivity contribution in [1.29, 1.82) is 0 Å². The summed E-state index contributed by atoms with van der Waals surface area (Å²) in [5.41, 5.74) is 1.02. The lowest BCUT2D eigenvalue weighted by Crippen LogP contribution is -2.29. The van der Waals surface area contributed by atoms with Gasteiger partial charge in [-0.05, 0) is 25.3 Å². The smallest absolute Gasteiger partial charge is 0.323 e. The van der Waals surface area contributed by atoms with E-state index in [1.165, 1.54) is 10.6 Å². The first-order valence-electron chi connectivity index (χ1n) is 5.22. The summed E-state index contributed by atoms with van der Waals surface area (Å²) in [6.45, 7) is -0.339. The van der Waals surface area contributed by atoms with Crippen molar-refractivity contribution in [3.05, 3.63) is 33.7 Å². The van der Waals surface area contributed by atoms with E-state index in [4.69, 9.17) is 5.11 Å². The molecule has 0 saturated heterocycles. The van der Waals surface area contributed by atoms with Crippen molar-refractivity contribution >= 4 is 5.97 Å². The van der Waals surface area contributed by atoms with E-state index >= 15 is 0 Å². The maximum atomic E-state index is 11.6. The highest BCUT2D eigenvalue weighted by atomic mass is 16.4. The van der Waals surface area contributed by atoms with Crippen LogP contribution in [-0.2, 0) is 17.8 Å². The third kappa shape index (κ3) is 1.86. The molecule has 16 heavy (non-hydrogen) atoms. The topological polar surface area (TPSA) is 79.5 Å². The number of aromatic nitrogens is 1. The van der Waals surface area contributed by atoms with Gasteiger partial charge in [0, 0.05) is 17.3 Å². The molecule has 1 aliphatic rings. The van der Waals surface area contributed by atoms with Crippen LogP contribution in [0.25, 0.3) is 0 Å². The Labute approximate surface area is 92.0 Å². The van der Waals surface area contributed by atoms with Gasteiger partial charge in [-0.1, -0.05) is 0 Å². The molecule has 0 amide bonds. The predicted molar refractivity (Wildman–Crippen MR) is 56.2 cm³/mol. The molecule has 0 bridgehead atoms. The molecule has 5 nitrogen and oxygen atoms in total. The molecular formula is C11H13NO4. The summed E-state index contributed by atoms with van der Waals surface area (Å²) in [4.78, 5) is 22.2. The van der Waals surface area contributed by atoms with Gasteiger partial charge in [0.2, 0.25) is 0 Å². The fourth-order valence-electron chi connectivity index (χ4n) is 2.15. The average molecular weight is 223 g/mol. The Morgan fingerprint density at radius 1 is 1.50 bits per heavy atom. The molecule has 1 aromatic rings. The maximum Gasteiger partial charge on any atom is 0.323 e. The molecule has 86 valence electrons. The van der Waals surface area contributed by atoms with Crippen molar-refractivity contribution in [1.82, 2.24) is 4.57 Å². The third-order valence-electron chi connectivity index (χ3n) is 2.87. The van der Waals surface area contributed by atoms with Gasteiger partial charge in [-0.25, -0.2) is 0 Å². The molecular weight excluding hydrogens is 210 g/mol. The van der Waals surface area contributed by atoms with Gasteiger partial charge in [0.05, 0.1) is 6.10 Å². The first kappa shape index (κ1) is 10.9. The van der Waals surface area contributed by atoms with Gasteiger partial charge in [-0.3, -0.25) is 9.59 Å². The van der Waals surface area contributed by atoms with Crippen LogP contribution < -0.4 is 5.56 Å². The number of carboxylic acid groups (broad SMARTS) is 1. The monoisotopic (exact) mass is 223 g/mol. The average Bonchev–Trinajstić information content (AvgIpc) is 2.22. The number of hydrogen-bond donors (Lipinski definition) is 2. The summed E-state index contributed by atoms with van der Waals surface area (Å²) in [5.74, 6) is -1.05. The van der Waals surface area contributed by atoms with E-state index in [1.54, 1.807) is 6.07 Å². The number of rotatable bonds is 2. The molecule has 1 aliphatic carbocycles. The number of aliphatic carboxylic acids is 1. The largest absolute Gasteiger partial charge is 0.480 e. The zero-order valence-corrected chi connectivity index (χ0v) is 8.72. The number of carboxylic acids is 1. The molecule has 1 atom stereocenters. The third-order valence-corrected chi connectivity index (χ3v) is 2.87. The van der Waals surface area contributed by atoms with Crippen molar-refractivity contribution in [2.24, 2.45) is 0 Å². The van der Waals surface area contributed by atoms with Crippen LogP contribution in [0.2, 0.25) is 0 Å². The van der Waals surface area contributed by atoms with Crippen LogP contribution in [0, 0.1) is 0 Å². The number of aliphatic hydroxyl groups excluding tert-OH is 1. The van der Waals surface area contributed by atoms with Crippen LogP contribution in [0.3, 0.4) is 0 Å². The zero-order valence-electron chi connectivity index (χ0n) is 8.72. The van der Waals surface area contributed by atoms with Crippen LogP contribution in [0.5, 0.6) is 0 Å². The molecule has 2 N–H and O–H groups in total. The second-order valence-electron chi connectivity index (χ2n) is 3.96. The Hall–Kier alpha value is -1.62. The lowest BCUT2D eigenvalue weighted by molar-refractivity contribution is -0.137. The normalized spacial score (nSPS) is 19.2. The van der Waals surface area contributed by atoms with Gasteiger partial charge >= 0.3 is 5.97 Å². The minimum absolute atomic E-state index is 0.324. The molecule has 1 heterocycles. The van der Waals surface area contributed by atoms with Gasteiger partial charge in [0.1, 0.15) is 6.54 Å². The molecule has 0 saturated carbocycles. The molecule has 0 spiro atoms. The quantitative estimate of drug-likeness (QED) is 0.755. The van der Waals surface area contributed by atoms with Gasteiger partial charge < -0.3 is 14.8 Å². The van der Waals surface area contributed by atoms with E-state index in [-0.39, 0.29) is 12.1 Å². The Morgan fingerprint density at radius 2 is 2.25 bits per heavy atom. The van der Waals surface area contributed by atoms with Crippen molar-refractivity contribution in [2.75, 3.05) is 0 Å². The molecule has 0 unspecified atom stereocenters. The first-order chi connectivity index (χ1) is 7.59. The van der Waals surface area contributed by atoms with Crippen LogP contribution in [0.1, 0.15) is 30.2 Å². The zero-order chi connectivity index (χ0) is 11.7. The van der Waals surface area contributed by atoms with Gasteiger partial charge in [-0.2, -0.15) is 0 Å². The molecule has 0 aromatic carbocycles. The van der Waals surface area contributed by atoms with Crippen LogP contribution in [-0.4, -0.2) is 20.7 Å². The van der Waals surface area contributed by atoms with E-state index in [0.717, 1.165) is 6.42 Å². The van der Waals surface area contributed by atoms with Crippen molar-refractivity contribution in [3.63, 3.8) is 0 Å². The summed E-state index contributed by atoms with van der Waals surface area (Å²) in [5, 5.41) is 18.5.